The molecule has 176 valence electrons. The van der Waals surface area contributed by atoms with Crippen LogP contribution in [0.1, 0.15) is 18.9 Å². The maximum atomic E-state index is 11.8. The van der Waals surface area contributed by atoms with Crippen LogP contribution in [-0.4, -0.2) is 31.1 Å². The number of nitrogens with one attached hydrogen (secondary N) is 3. The van der Waals surface area contributed by atoms with Gasteiger partial charge in [-0.25, -0.2) is 4.98 Å². The minimum Gasteiger partial charge on any atom is -0.337 e. The van der Waals surface area contributed by atoms with Gasteiger partial charge < -0.3 is 10.3 Å². The van der Waals surface area contributed by atoms with Gasteiger partial charge in [0.25, 0.3) is 0 Å². The summed E-state index contributed by atoms with van der Waals surface area (Å²) in [6.45, 7) is 3.92. The molecule has 6 aromatic rings. The summed E-state index contributed by atoms with van der Waals surface area (Å²) in [7, 11) is 0. The number of fused-ring (bicyclic) bond motifs is 2. The number of aromatic nitrogens is 5. The smallest absolute Gasteiger partial charge is 0.224 e. The highest BCUT2D eigenvalue weighted by atomic mass is 16.1. The lowest BCUT2D eigenvalue weighted by molar-refractivity contribution is -0.115. The topological polar surface area (TPSA) is 99.3 Å². The molecule has 36 heavy (non-hydrogen) atoms. The van der Waals surface area contributed by atoms with Gasteiger partial charge in [-0.2, -0.15) is 5.10 Å². The van der Waals surface area contributed by atoms with Crippen molar-refractivity contribution in [3.63, 3.8) is 0 Å². The fourth-order valence-electron chi connectivity index (χ4n) is 4.48. The Morgan fingerprint density at radius 3 is 2.67 bits per heavy atom. The average molecular weight is 473 g/mol. The molecular weight excluding hydrogens is 448 g/mol. The molecule has 7 heteroatoms. The van der Waals surface area contributed by atoms with Crippen LogP contribution < -0.4 is 5.32 Å². The van der Waals surface area contributed by atoms with E-state index in [1.165, 1.54) is 5.56 Å². The Bertz CT molecular complexity index is 1750. The number of anilines is 1. The standard InChI is InChI=1S/C29H24N6O/c1-3-26(36)31-21-13-20(15-30-16-21)18-10-11-24-23(14-18)28(35-34-24)29-32-25-9-5-8-22(27(25)33-29)19-7-4-6-17(2)12-19/h4-16H,3H2,1-2H3,(H,31,36)(H,32,33)(H,34,35). The Morgan fingerprint density at radius 1 is 0.917 bits per heavy atom. The third-order valence-electron chi connectivity index (χ3n) is 6.31. The van der Waals surface area contributed by atoms with Crippen molar-refractivity contribution in [1.29, 1.82) is 0 Å². The number of para-hydroxylation sites is 1. The van der Waals surface area contributed by atoms with Gasteiger partial charge in [0.05, 0.1) is 28.4 Å². The zero-order chi connectivity index (χ0) is 24.6. The third-order valence-corrected chi connectivity index (χ3v) is 6.31. The van der Waals surface area contributed by atoms with Crippen LogP contribution >= 0.6 is 0 Å². The van der Waals surface area contributed by atoms with Gasteiger partial charge in [-0.15, -0.1) is 0 Å². The van der Waals surface area contributed by atoms with Crippen molar-refractivity contribution in [2.45, 2.75) is 20.3 Å². The molecule has 0 saturated heterocycles. The third kappa shape index (κ3) is 3.90. The normalized spacial score (nSPS) is 11.3. The lowest BCUT2D eigenvalue weighted by atomic mass is 10.0. The molecule has 0 radical (unpaired) electrons. The molecule has 6 rings (SSSR count). The van der Waals surface area contributed by atoms with E-state index in [4.69, 9.17) is 4.98 Å². The Hall–Kier alpha value is -4.78. The highest BCUT2D eigenvalue weighted by Crippen LogP contribution is 2.33. The first-order chi connectivity index (χ1) is 17.6. The van der Waals surface area contributed by atoms with Gasteiger partial charge in [0.15, 0.2) is 5.82 Å². The summed E-state index contributed by atoms with van der Waals surface area (Å²) in [5.74, 6) is 0.659. The summed E-state index contributed by atoms with van der Waals surface area (Å²) < 4.78 is 0. The van der Waals surface area contributed by atoms with E-state index in [0.717, 1.165) is 49.9 Å². The van der Waals surface area contributed by atoms with Crippen molar-refractivity contribution >= 4 is 33.5 Å². The Morgan fingerprint density at radius 2 is 1.81 bits per heavy atom. The molecule has 1 amide bonds. The number of pyridine rings is 1. The van der Waals surface area contributed by atoms with Gasteiger partial charge in [-0.3, -0.25) is 14.9 Å². The molecule has 3 aromatic carbocycles. The summed E-state index contributed by atoms with van der Waals surface area (Å²) in [6, 6.07) is 22.6. The number of amides is 1. The summed E-state index contributed by atoms with van der Waals surface area (Å²) >= 11 is 0. The molecule has 7 nitrogen and oxygen atoms in total. The van der Waals surface area contributed by atoms with Crippen molar-refractivity contribution in [3.8, 4) is 33.8 Å². The van der Waals surface area contributed by atoms with E-state index in [0.29, 0.717) is 17.9 Å². The number of nitrogens with zero attached hydrogens (tertiary/aromatic N) is 3. The predicted molar refractivity (Wildman–Crippen MR) is 144 cm³/mol. The molecule has 0 unspecified atom stereocenters. The molecule has 0 aliphatic rings. The van der Waals surface area contributed by atoms with E-state index in [1.807, 2.05) is 37.3 Å². The fraction of sp³-hybridized carbons (Fsp3) is 0.103. The first-order valence-corrected chi connectivity index (χ1v) is 11.9. The van der Waals surface area contributed by atoms with Crippen molar-refractivity contribution in [3.05, 3.63) is 84.7 Å². The van der Waals surface area contributed by atoms with Crippen LogP contribution in [0.5, 0.6) is 0 Å². The lowest BCUT2D eigenvalue weighted by Crippen LogP contribution is -2.09. The predicted octanol–water partition coefficient (Wildman–Crippen LogP) is 6.49. The number of imidazole rings is 1. The van der Waals surface area contributed by atoms with Crippen LogP contribution in [0.3, 0.4) is 0 Å². The minimum atomic E-state index is -0.0450. The van der Waals surface area contributed by atoms with Crippen molar-refractivity contribution in [1.82, 2.24) is 25.1 Å². The highest BCUT2D eigenvalue weighted by molar-refractivity contribution is 5.98. The summed E-state index contributed by atoms with van der Waals surface area (Å²) in [5, 5.41) is 11.5. The Balaban J connectivity index is 1.43. The maximum absolute atomic E-state index is 11.8. The van der Waals surface area contributed by atoms with Crippen LogP contribution in [0.15, 0.2) is 79.1 Å². The summed E-state index contributed by atoms with van der Waals surface area (Å²) in [5.41, 5.74) is 9.51. The van der Waals surface area contributed by atoms with Gasteiger partial charge in [-0.05, 0) is 42.3 Å². The maximum Gasteiger partial charge on any atom is 0.224 e. The minimum absolute atomic E-state index is 0.0450. The van der Waals surface area contributed by atoms with Gasteiger partial charge >= 0.3 is 0 Å². The number of aromatic amines is 2. The van der Waals surface area contributed by atoms with Gasteiger partial charge in [0.1, 0.15) is 5.69 Å². The number of rotatable bonds is 5. The van der Waals surface area contributed by atoms with Gasteiger partial charge in [0.2, 0.25) is 5.91 Å². The molecule has 0 aliphatic carbocycles. The molecule has 0 spiro atoms. The first kappa shape index (κ1) is 21.7. The zero-order valence-corrected chi connectivity index (χ0v) is 20.0. The second-order valence-electron chi connectivity index (χ2n) is 8.85. The van der Waals surface area contributed by atoms with E-state index in [-0.39, 0.29) is 5.91 Å². The number of hydrogen-bond donors (Lipinski definition) is 3. The van der Waals surface area contributed by atoms with Crippen LogP contribution in [-0.2, 0) is 4.79 Å². The molecule has 0 bridgehead atoms. The monoisotopic (exact) mass is 472 g/mol. The van der Waals surface area contributed by atoms with E-state index in [2.05, 4.69) is 68.8 Å². The summed E-state index contributed by atoms with van der Waals surface area (Å²) in [4.78, 5) is 24.6. The summed E-state index contributed by atoms with van der Waals surface area (Å²) in [6.07, 6.45) is 3.86. The van der Waals surface area contributed by atoms with Crippen LogP contribution in [0.2, 0.25) is 0 Å². The second kappa shape index (κ2) is 8.78. The lowest BCUT2D eigenvalue weighted by Gasteiger charge is -2.06. The van der Waals surface area contributed by atoms with Crippen LogP contribution in [0.4, 0.5) is 5.69 Å². The molecule has 3 N–H and O–H groups in total. The van der Waals surface area contributed by atoms with Crippen LogP contribution in [0.25, 0.3) is 55.7 Å². The SMILES string of the molecule is CCC(=O)Nc1cncc(-c2ccc3[nH]nc(-c4nc5c(-c6cccc(C)c6)cccc5[nH]4)c3c2)c1. The van der Waals surface area contributed by atoms with E-state index < -0.39 is 0 Å². The van der Waals surface area contributed by atoms with E-state index >= 15 is 0 Å². The average Bonchev–Trinajstić information content (AvgIpc) is 3.52. The fourth-order valence-corrected chi connectivity index (χ4v) is 4.48. The largest absolute Gasteiger partial charge is 0.337 e. The molecule has 3 aromatic heterocycles. The Kier molecular flexibility index (Phi) is 5.30. The van der Waals surface area contributed by atoms with Gasteiger partial charge in [-0.1, -0.05) is 55.0 Å². The Labute approximate surface area is 207 Å². The van der Waals surface area contributed by atoms with E-state index in [9.17, 15) is 4.79 Å². The number of hydrogen-bond acceptors (Lipinski definition) is 4. The quantitative estimate of drug-likeness (QED) is 0.267. The highest BCUT2D eigenvalue weighted by Gasteiger charge is 2.16. The van der Waals surface area contributed by atoms with Crippen molar-refractivity contribution < 1.29 is 4.79 Å². The van der Waals surface area contributed by atoms with Crippen molar-refractivity contribution in [2.75, 3.05) is 5.32 Å². The second-order valence-corrected chi connectivity index (χ2v) is 8.85. The van der Waals surface area contributed by atoms with E-state index in [1.54, 1.807) is 12.4 Å². The molecular formula is C29H24N6O. The molecule has 0 saturated carbocycles. The van der Waals surface area contributed by atoms with Crippen molar-refractivity contribution in [2.24, 2.45) is 0 Å². The first-order valence-electron chi connectivity index (χ1n) is 11.9. The zero-order valence-electron chi connectivity index (χ0n) is 20.0. The molecule has 0 fully saturated rings. The molecule has 0 atom stereocenters. The number of benzene rings is 3. The molecule has 3 heterocycles. The van der Waals surface area contributed by atoms with Gasteiger partial charge in [0, 0.05) is 29.1 Å². The number of H-pyrrole nitrogens is 2. The molecule has 0 aliphatic heterocycles. The number of carbonyl (C=O) groups excluding carboxylic acids is 1. The number of aryl methyl sites for hydroxylation is 1. The number of carbonyl (C=O) groups is 1. The van der Waals surface area contributed by atoms with Crippen LogP contribution in [0, 0.1) is 6.92 Å².